The van der Waals surface area contributed by atoms with Gasteiger partial charge in [0.05, 0.1) is 6.26 Å². The van der Waals surface area contributed by atoms with Crippen LogP contribution in [-0.4, -0.2) is 49.4 Å². The summed E-state index contributed by atoms with van der Waals surface area (Å²) in [6, 6.07) is 3.60. The molecular formula is C14H18ClFN2O3S. The number of sulfonamides is 1. The summed E-state index contributed by atoms with van der Waals surface area (Å²) in [5, 5.41) is 0.242. The summed E-state index contributed by atoms with van der Waals surface area (Å²) in [5.74, 6) is -0.833. The monoisotopic (exact) mass is 348 g/mol. The number of hydrogen-bond donors (Lipinski definition) is 0. The van der Waals surface area contributed by atoms with Crippen LogP contribution >= 0.6 is 11.6 Å². The van der Waals surface area contributed by atoms with Crippen LogP contribution in [0.5, 0.6) is 0 Å². The Balaban J connectivity index is 2.16. The van der Waals surface area contributed by atoms with E-state index in [1.807, 2.05) is 0 Å². The first-order chi connectivity index (χ1) is 10.2. The molecule has 0 N–H and O–H groups in total. The van der Waals surface area contributed by atoms with Crippen LogP contribution in [0.3, 0.4) is 0 Å². The molecule has 5 nitrogen and oxygen atoms in total. The lowest BCUT2D eigenvalue weighted by Crippen LogP contribution is -2.46. The van der Waals surface area contributed by atoms with Crippen molar-refractivity contribution in [3.8, 4) is 0 Å². The van der Waals surface area contributed by atoms with E-state index in [4.69, 9.17) is 11.6 Å². The third-order valence-electron chi connectivity index (χ3n) is 3.75. The minimum atomic E-state index is -3.43. The molecule has 2 rings (SSSR count). The molecule has 0 aromatic heterocycles. The summed E-state index contributed by atoms with van der Waals surface area (Å²) >= 11 is 5.95. The molecule has 0 aliphatic carbocycles. The van der Waals surface area contributed by atoms with Crippen molar-refractivity contribution in [2.45, 2.75) is 25.4 Å². The Bertz CT molecular complexity index is 660. The number of carbonyl (C=O) groups excluding carboxylic acids is 1. The molecule has 1 heterocycles. The smallest absolute Gasteiger partial charge is 0.241 e. The molecule has 1 aliphatic heterocycles. The Morgan fingerprint density at radius 3 is 2.77 bits per heavy atom. The van der Waals surface area contributed by atoms with Crippen molar-refractivity contribution in [1.82, 2.24) is 9.21 Å². The number of rotatable bonds is 4. The minimum Gasteiger partial charge on any atom is -0.340 e. The van der Waals surface area contributed by atoms with Crippen LogP contribution in [-0.2, 0) is 21.4 Å². The molecule has 22 heavy (non-hydrogen) atoms. The summed E-state index contributed by atoms with van der Waals surface area (Å²) in [6.45, 7) is 0.335. The molecule has 0 bridgehead atoms. The van der Waals surface area contributed by atoms with E-state index >= 15 is 0 Å². The van der Waals surface area contributed by atoms with E-state index in [0.717, 1.165) is 6.26 Å². The SMILES string of the molecule is CN(Cc1c(F)cccc1Cl)C(=O)[C@H]1CCCN1S(C)(=O)=O. The number of likely N-dealkylation sites (N-methyl/N-ethyl adjacent to an activating group) is 1. The molecule has 8 heteroatoms. The number of hydrogen-bond acceptors (Lipinski definition) is 3. The Morgan fingerprint density at radius 1 is 1.50 bits per heavy atom. The van der Waals surface area contributed by atoms with E-state index in [1.165, 1.54) is 28.4 Å². The molecule has 1 fully saturated rings. The summed E-state index contributed by atoms with van der Waals surface area (Å²) in [6.07, 6.45) is 2.20. The van der Waals surface area contributed by atoms with Crippen molar-refractivity contribution in [3.05, 3.63) is 34.6 Å². The minimum absolute atomic E-state index is 0.00155. The number of amides is 1. The van der Waals surface area contributed by atoms with E-state index in [2.05, 4.69) is 0 Å². The first-order valence-electron chi connectivity index (χ1n) is 6.86. The van der Waals surface area contributed by atoms with Crippen LogP contribution in [0.4, 0.5) is 4.39 Å². The molecule has 1 saturated heterocycles. The maximum absolute atomic E-state index is 13.8. The quantitative estimate of drug-likeness (QED) is 0.834. The lowest BCUT2D eigenvalue weighted by Gasteiger charge is -2.26. The summed E-state index contributed by atoms with van der Waals surface area (Å²) in [4.78, 5) is 13.8. The van der Waals surface area contributed by atoms with Gasteiger partial charge in [-0.25, -0.2) is 12.8 Å². The van der Waals surface area contributed by atoms with Crippen molar-refractivity contribution in [1.29, 1.82) is 0 Å². The van der Waals surface area contributed by atoms with Gasteiger partial charge in [0.15, 0.2) is 0 Å². The van der Waals surface area contributed by atoms with Gasteiger partial charge in [-0.2, -0.15) is 4.31 Å². The largest absolute Gasteiger partial charge is 0.340 e. The summed E-state index contributed by atoms with van der Waals surface area (Å²) in [5.41, 5.74) is 0.226. The van der Waals surface area contributed by atoms with Gasteiger partial charge in [0, 0.05) is 30.7 Å². The lowest BCUT2D eigenvalue weighted by molar-refractivity contribution is -0.133. The fraction of sp³-hybridized carbons (Fsp3) is 0.500. The molecule has 0 spiro atoms. The highest BCUT2D eigenvalue weighted by molar-refractivity contribution is 7.88. The van der Waals surface area contributed by atoms with E-state index < -0.39 is 21.9 Å². The molecular weight excluding hydrogens is 331 g/mol. The fourth-order valence-electron chi connectivity index (χ4n) is 2.64. The number of benzene rings is 1. The second-order valence-electron chi connectivity index (χ2n) is 5.43. The summed E-state index contributed by atoms with van der Waals surface area (Å²) in [7, 11) is -1.92. The molecule has 1 aliphatic rings. The van der Waals surface area contributed by atoms with Crippen molar-refractivity contribution >= 4 is 27.5 Å². The molecule has 122 valence electrons. The van der Waals surface area contributed by atoms with Crippen LogP contribution in [0.2, 0.25) is 5.02 Å². The topological polar surface area (TPSA) is 57.7 Å². The number of carbonyl (C=O) groups is 1. The molecule has 0 unspecified atom stereocenters. The van der Waals surface area contributed by atoms with Crippen molar-refractivity contribution < 1.29 is 17.6 Å². The Morgan fingerprint density at radius 2 is 2.18 bits per heavy atom. The van der Waals surface area contributed by atoms with Gasteiger partial charge in [0.25, 0.3) is 0 Å². The van der Waals surface area contributed by atoms with E-state index in [1.54, 1.807) is 6.07 Å². The maximum atomic E-state index is 13.8. The standard InChI is InChI=1S/C14H18ClFN2O3S/c1-17(9-10-11(15)5-3-6-12(10)16)14(19)13-7-4-8-18(13)22(2,20)21/h3,5-6,13H,4,7-9H2,1-2H3/t13-/m1/s1. The third-order valence-corrected chi connectivity index (χ3v) is 5.39. The van der Waals surface area contributed by atoms with Crippen LogP contribution < -0.4 is 0 Å². The molecule has 1 aromatic carbocycles. The molecule has 1 atom stereocenters. The van der Waals surface area contributed by atoms with Crippen molar-refractivity contribution in [3.63, 3.8) is 0 Å². The van der Waals surface area contributed by atoms with Gasteiger partial charge in [-0.3, -0.25) is 4.79 Å². The molecule has 1 aromatic rings. The zero-order valence-electron chi connectivity index (χ0n) is 12.4. The second-order valence-corrected chi connectivity index (χ2v) is 7.77. The van der Waals surface area contributed by atoms with E-state index in [-0.39, 0.29) is 23.0 Å². The average Bonchev–Trinajstić information content (AvgIpc) is 2.91. The lowest BCUT2D eigenvalue weighted by atomic mass is 10.1. The van der Waals surface area contributed by atoms with Crippen LogP contribution in [0.1, 0.15) is 18.4 Å². The van der Waals surface area contributed by atoms with Gasteiger partial charge in [0.2, 0.25) is 15.9 Å². The fourth-order valence-corrected chi connectivity index (χ4v) is 3.98. The van der Waals surface area contributed by atoms with E-state index in [0.29, 0.717) is 19.4 Å². The molecule has 1 amide bonds. The van der Waals surface area contributed by atoms with Gasteiger partial charge >= 0.3 is 0 Å². The summed E-state index contributed by atoms with van der Waals surface area (Å²) < 4.78 is 38.4. The Labute approximate surface area is 134 Å². The molecule has 0 saturated carbocycles. The number of nitrogens with zero attached hydrogens (tertiary/aromatic N) is 2. The highest BCUT2D eigenvalue weighted by atomic mass is 35.5. The predicted molar refractivity (Wildman–Crippen MR) is 82.5 cm³/mol. The number of halogens is 2. The first kappa shape index (κ1) is 17.2. The Hall–Kier alpha value is -1.18. The predicted octanol–water partition coefficient (Wildman–Crippen LogP) is 1.86. The zero-order chi connectivity index (χ0) is 16.5. The van der Waals surface area contributed by atoms with E-state index in [9.17, 15) is 17.6 Å². The molecule has 0 radical (unpaired) electrons. The first-order valence-corrected chi connectivity index (χ1v) is 9.09. The van der Waals surface area contributed by atoms with Crippen LogP contribution in [0.15, 0.2) is 18.2 Å². The maximum Gasteiger partial charge on any atom is 0.241 e. The van der Waals surface area contributed by atoms with Crippen molar-refractivity contribution in [2.24, 2.45) is 0 Å². The van der Waals surface area contributed by atoms with Gasteiger partial charge in [-0.15, -0.1) is 0 Å². The van der Waals surface area contributed by atoms with Crippen molar-refractivity contribution in [2.75, 3.05) is 19.8 Å². The van der Waals surface area contributed by atoms with Gasteiger partial charge in [-0.1, -0.05) is 17.7 Å². The van der Waals surface area contributed by atoms with Crippen LogP contribution in [0, 0.1) is 5.82 Å². The average molecular weight is 349 g/mol. The zero-order valence-corrected chi connectivity index (χ0v) is 14.0. The highest BCUT2D eigenvalue weighted by Gasteiger charge is 2.37. The highest BCUT2D eigenvalue weighted by Crippen LogP contribution is 2.24. The van der Waals surface area contributed by atoms with Gasteiger partial charge in [0.1, 0.15) is 11.9 Å². The second kappa shape index (κ2) is 6.52. The Kier molecular flexibility index (Phi) is 5.09. The van der Waals surface area contributed by atoms with Gasteiger partial charge in [-0.05, 0) is 25.0 Å². The third kappa shape index (κ3) is 3.59. The normalized spacial score (nSPS) is 19.4. The van der Waals surface area contributed by atoms with Gasteiger partial charge < -0.3 is 4.90 Å². The van der Waals surface area contributed by atoms with Crippen LogP contribution in [0.25, 0.3) is 0 Å².